The van der Waals surface area contributed by atoms with E-state index in [2.05, 4.69) is 4.98 Å². The Bertz CT molecular complexity index is 999. The summed E-state index contributed by atoms with van der Waals surface area (Å²) in [6.07, 6.45) is -1.93. The van der Waals surface area contributed by atoms with Crippen LogP contribution >= 0.6 is 0 Å². The molecule has 1 aromatic heterocycles. The molecule has 3 aromatic rings. The van der Waals surface area contributed by atoms with Gasteiger partial charge >= 0.3 is 6.18 Å². The zero-order valence-electron chi connectivity index (χ0n) is 14.2. The fourth-order valence-electron chi connectivity index (χ4n) is 2.63. The third-order valence-electron chi connectivity index (χ3n) is 4.01. The van der Waals surface area contributed by atoms with Gasteiger partial charge in [0.25, 0.3) is 5.56 Å². The summed E-state index contributed by atoms with van der Waals surface area (Å²) >= 11 is 0. The minimum Gasteiger partial charge on any atom is -0.494 e. The number of ether oxygens (including phenoxy) is 1. The summed E-state index contributed by atoms with van der Waals surface area (Å²) in [4.78, 5) is 16.4. The van der Waals surface area contributed by atoms with Gasteiger partial charge in [0, 0.05) is 12.6 Å². The molecule has 0 radical (unpaired) electrons. The second-order valence-electron chi connectivity index (χ2n) is 5.99. The number of aryl methyl sites for hydroxylation is 1. The number of fused-ring (bicyclic) bond motifs is 1. The van der Waals surface area contributed by atoms with Gasteiger partial charge in [0.05, 0.1) is 29.4 Å². The molecule has 4 nitrogen and oxygen atoms in total. The highest BCUT2D eigenvalue weighted by Gasteiger charge is 2.30. The highest BCUT2D eigenvalue weighted by atomic mass is 19.4. The van der Waals surface area contributed by atoms with Gasteiger partial charge in [-0.1, -0.05) is 6.07 Å². The van der Waals surface area contributed by atoms with Crippen LogP contribution in [0.4, 0.5) is 17.6 Å². The Balaban J connectivity index is 1.54. The minimum atomic E-state index is -4.41. The zero-order chi connectivity index (χ0) is 19.4. The number of benzene rings is 2. The van der Waals surface area contributed by atoms with E-state index in [0.717, 1.165) is 12.1 Å². The van der Waals surface area contributed by atoms with Crippen molar-refractivity contribution in [1.29, 1.82) is 0 Å². The maximum absolute atomic E-state index is 13.2. The maximum Gasteiger partial charge on any atom is 0.416 e. The zero-order valence-corrected chi connectivity index (χ0v) is 14.2. The van der Waals surface area contributed by atoms with Crippen LogP contribution in [0.2, 0.25) is 0 Å². The molecule has 0 aliphatic heterocycles. The number of hydrogen-bond donors (Lipinski definition) is 0. The van der Waals surface area contributed by atoms with Gasteiger partial charge in [0.1, 0.15) is 11.6 Å². The second kappa shape index (κ2) is 7.77. The normalized spacial score (nSPS) is 11.7. The lowest BCUT2D eigenvalue weighted by molar-refractivity contribution is -0.137. The second-order valence-corrected chi connectivity index (χ2v) is 5.99. The lowest BCUT2D eigenvalue weighted by atomic mass is 10.2. The number of hydrogen-bond acceptors (Lipinski definition) is 3. The lowest BCUT2D eigenvalue weighted by Gasteiger charge is -2.10. The third kappa shape index (κ3) is 4.64. The van der Waals surface area contributed by atoms with Crippen LogP contribution < -0.4 is 10.3 Å². The number of unbranched alkanes of at least 4 members (excludes halogenated alkanes) is 1. The maximum atomic E-state index is 13.2. The van der Waals surface area contributed by atoms with Crippen LogP contribution in [0.1, 0.15) is 18.4 Å². The van der Waals surface area contributed by atoms with Crippen molar-refractivity contribution in [2.45, 2.75) is 25.6 Å². The molecule has 2 aromatic carbocycles. The first-order chi connectivity index (χ1) is 12.8. The van der Waals surface area contributed by atoms with Crippen molar-refractivity contribution in [3.05, 3.63) is 70.5 Å². The number of nitrogens with zero attached hydrogens (tertiary/aromatic N) is 2. The van der Waals surface area contributed by atoms with Crippen LogP contribution in [-0.2, 0) is 12.7 Å². The van der Waals surface area contributed by atoms with Crippen LogP contribution in [0.25, 0.3) is 10.9 Å². The van der Waals surface area contributed by atoms with E-state index in [0.29, 0.717) is 30.3 Å². The molecule has 0 amide bonds. The minimum absolute atomic E-state index is 0.149. The van der Waals surface area contributed by atoms with E-state index in [-0.39, 0.29) is 17.9 Å². The van der Waals surface area contributed by atoms with E-state index < -0.39 is 17.6 Å². The van der Waals surface area contributed by atoms with Crippen molar-refractivity contribution < 1.29 is 22.3 Å². The van der Waals surface area contributed by atoms with Crippen molar-refractivity contribution in [3.63, 3.8) is 0 Å². The van der Waals surface area contributed by atoms with Crippen molar-refractivity contribution >= 4 is 10.9 Å². The number of alkyl halides is 3. The summed E-state index contributed by atoms with van der Waals surface area (Å²) in [6, 6.07) is 8.50. The summed E-state index contributed by atoms with van der Waals surface area (Å²) in [7, 11) is 0. The predicted octanol–water partition coefficient (Wildman–Crippen LogP) is 4.41. The Hall–Kier alpha value is -2.90. The molecule has 27 heavy (non-hydrogen) atoms. The third-order valence-corrected chi connectivity index (χ3v) is 4.01. The Morgan fingerprint density at radius 2 is 1.89 bits per heavy atom. The molecular weight excluding hydrogens is 364 g/mol. The molecule has 0 aliphatic carbocycles. The van der Waals surface area contributed by atoms with E-state index in [1.807, 2.05) is 0 Å². The quantitative estimate of drug-likeness (QED) is 0.470. The van der Waals surface area contributed by atoms with Gasteiger partial charge in [0.15, 0.2) is 0 Å². The monoisotopic (exact) mass is 380 g/mol. The molecule has 0 atom stereocenters. The van der Waals surface area contributed by atoms with Gasteiger partial charge in [-0.3, -0.25) is 9.36 Å². The smallest absolute Gasteiger partial charge is 0.416 e. The van der Waals surface area contributed by atoms with Gasteiger partial charge in [-0.2, -0.15) is 13.2 Å². The van der Waals surface area contributed by atoms with Crippen LogP contribution in [-0.4, -0.2) is 16.2 Å². The average Bonchev–Trinajstić information content (AvgIpc) is 2.62. The van der Waals surface area contributed by atoms with E-state index in [1.54, 1.807) is 0 Å². The highest BCUT2D eigenvalue weighted by Crippen LogP contribution is 2.31. The standard InChI is InChI=1S/C19H16F4N2O2/c20-14-6-7-16-17(11-14)24-12-25(18(16)26)8-1-2-9-27-15-5-3-4-13(10-15)19(21,22)23/h3-7,10-12H,1-2,8-9H2. The summed E-state index contributed by atoms with van der Waals surface area (Å²) in [5.74, 6) is -0.310. The summed E-state index contributed by atoms with van der Waals surface area (Å²) in [5, 5.41) is 0.333. The van der Waals surface area contributed by atoms with Crippen molar-refractivity contribution in [1.82, 2.24) is 9.55 Å². The van der Waals surface area contributed by atoms with Gasteiger partial charge in [-0.05, 0) is 43.2 Å². The van der Waals surface area contributed by atoms with Crippen LogP contribution in [0.3, 0.4) is 0 Å². The summed E-state index contributed by atoms with van der Waals surface area (Å²) in [5.41, 5.74) is -0.729. The molecule has 1 heterocycles. The van der Waals surface area contributed by atoms with Crippen LogP contribution in [0.15, 0.2) is 53.6 Å². The summed E-state index contributed by atoms with van der Waals surface area (Å²) < 4.78 is 57.9. The van der Waals surface area contributed by atoms with Gasteiger partial charge in [0.2, 0.25) is 0 Å². The molecule has 0 saturated carbocycles. The van der Waals surface area contributed by atoms with Crippen molar-refractivity contribution in [2.75, 3.05) is 6.61 Å². The van der Waals surface area contributed by atoms with E-state index in [1.165, 1.54) is 41.2 Å². The first-order valence-corrected chi connectivity index (χ1v) is 8.29. The number of rotatable bonds is 6. The SMILES string of the molecule is O=c1c2ccc(F)cc2ncn1CCCCOc1cccc(C(F)(F)F)c1. The van der Waals surface area contributed by atoms with E-state index in [9.17, 15) is 22.4 Å². The van der Waals surface area contributed by atoms with Gasteiger partial charge in [-0.15, -0.1) is 0 Å². The van der Waals surface area contributed by atoms with Crippen LogP contribution in [0, 0.1) is 5.82 Å². The number of halogens is 4. The average molecular weight is 380 g/mol. The first-order valence-electron chi connectivity index (χ1n) is 8.29. The molecule has 0 unspecified atom stereocenters. The lowest BCUT2D eigenvalue weighted by Crippen LogP contribution is -2.21. The molecular formula is C19H16F4N2O2. The Kier molecular flexibility index (Phi) is 5.43. The number of aromatic nitrogens is 2. The molecule has 0 bridgehead atoms. The van der Waals surface area contributed by atoms with E-state index in [4.69, 9.17) is 4.74 Å². The molecule has 0 saturated heterocycles. The fraction of sp³-hybridized carbons (Fsp3) is 0.263. The van der Waals surface area contributed by atoms with Crippen molar-refractivity contribution in [2.24, 2.45) is 0 Å². The molecule has 8 heteroatoms. The Morgan fingerprint density at radius 1 is 1.07 bits per heavy atom. The Labute approximate surface area is 152 Å². The molecule has 142 valence electrons. The highest BCUT2D eigenvalue weighted by molar-refractivity contribution is 5.77. The topological polar surface area (TPSA) is 44.1 Å². The van der Waals surface area contributed by atoms with E-state index >= 15 is 0 Å². The van der Waals surface area contributed by atoms with Crippen molar-refractivity contribution in [3.8, 4) is 5.75 Å². The first kappa shape index (κ1) is 18.9. The van der Waals surface area contributed by atoms with Gasteiger partial charge in [-0.25, -0.2) is 9.37 Å². The molecule has 0 aliphatic rings. The predicted molar refractivity (Wildman–Crippen MR) is 92.1 cm³/mol. The molecule has 0 N–H and O–H groups in total. The molecule has 0 spiro atoms. The Morgan fingerprint density at radius 3 is 2.67 bits per heavy atom. The largest absolute Gasteiger partial charge is 0.494 e. The van der Waals surface area contributed by atoms with Gasteiger partial charge < -0.3 is 4.74 Å². The fourth-order valence-corrected chi connectivity index (χ4v) is 2.63. The summed E-state index contributed by atoms with van der Waals surface area (Å²) in [6.45, 7) is 0.605. The molecule has 3 rings (SSSR count). The molecule has 0 fully saturated rings. The van der Waals surface area contributed by atoms with Crippen LogP contribution in [0.5, 0.6) is 5.75 Å².